The van der Waals surface area contributed by atoms with Crippen LogP contribution in [0.4, 0.5) is 10.2 Å². The van der Waals surface area contributed by atoms with E-state index in [9.17, 15) is 4.39 Å². The van der Waals surface area contributed by atoms with E-state index >= 15 is 0 Å². The molecule has 1 aromatic heterocycles. The molecule has 1 saturated heterocycles. The molecule has 0 bridgehead atoms. The van der Waals surface area contributed by atoms with Gasteiger partial charge in [-0.25, -0.2) is 9.37 Å². The maximum Gasteiger partial charge on any atom is 0.141 e. The highest BCUT2D eigenvalue weighted by Gasteiger charge is 2.24. The van der Waals surface area contributed by atoms with Crippen LogP contribution in [0.3, 0.4) is 0 Å². The Labute approximate surface area is 120 Å². The first-order chi connectivity index (χ1) is 9.74. The van der Waals surface area contributed by atoms with Gasteiger partial charge in [0.1, 0.15) is 11.6 Å². The molecule has 1 aliphatic heterocycles. The lowest BCUT2D eigenvalue weighted by Crippen LogP contribution is -2.34. The van der Waals surface area contributed by atoms with Gasteiger partial charge in [0, 0.05) is 30.7 Å². The zero-order chi connectivity index (χ0) is 13.9. The number of hydrogen-bond acceptors (Lipinski definition) is 3. The second-order valence-corrected chi connectivity index (χ2v) is 6.18. The molecule has 4 heteroatoms. The fraction of sp³-hybridized carbons (Fsp3) is 0.688. The molecule has 110 valence electrons. The van der Waals surface area contributed by atoms with E-state index in [1.54, 1.807) is 6.07 Å². The van der Waals surface area contributed by atoms with Crippen molar-refractivity contribution >= 4 is 5.82 Å². The molecule has 20 heavy (non-hydrogen) atoms. The summed E-state index contributed by atoms with van der Waals surface area (Å²) in [7, 11) is 0. The van der Waals surface area contributed by atoms with Crippen molar-refractivity contribution in [2.24, 2.45) is 0 Å². The monoisotopic (exact) mass is 277 g/mol. The average Bonchev–Trinajstić information content (AvgIpc) is 3.25. The zero-order valence-corrected chi connectivity index (χ0v) is 12.2. The predicted octanol–water partition coefficient (Wildman–Crippen LogP) is 3.24. The van der Waals surface area contributed by atoms with E-state index in [-0.39, 0.29) is 5.82 Å². The first-order valence-electron chi connectivity index (χ1n) is 7.88. The largest absolute Gasteiger partial charge is 0.354 e. The number of aromatic nitrogens is 1. The van der Waals surface area contributed by atoms with E-state index in [1.807, 2.05) is 0 Å². The van der Waals surface area contributed by atoms with Crippen LogP contribution >= 0.6 is 0 Å². The second kappa shape index (κ2) is 6.08. The van der Waals surface area contributed by atoms with E-state index in [0.717, 1.165) is 24.5 Å². The molecule has 1 aliphatic carbocycles. The van der Waals surface area contributed by atoms with E-state index in [4.69, 9.17) is 0 Å². The lowest BCUT2D eigenvalue weighted by molar-refractivity contribution is 0.589. The quantitative estimate of drug-likeness (QED) is 0.915. The van der Waals surface area contributed by atoms with Gasteiger partial charge in [-0.05, 0) is 38.7 Å². The van der Waals surface area contributed by atoms with Crippen molar-refractivity contribution in [2.75, 3.05) is 11.4 Å². The van der Waals surface area contributed by atoms with Gasteiger partial charge in [0.15, 0.2) is 0 Å². The van der Waals surface area contributed by atoms with Gasteiger partial charge in [0.25, 0.3) is 0 Å². The molecule has 1 aromatic rings. The molecular weight excluding hydrogens is 253 g/mol. The van der Waals surface area contributed by atoms with Crippen LogP contribution in [0, 0.1) is 5.82 Å². The Morgan fingerprint density at radius 1 is 1.30 bits per heavy atom. The molecular formula is C16H24FN3. The molecule has 0 amide bonds. The first kappa shape index (κ1) is 13.8. The smallest absolute Gasteiger partial charge is 0.141 e. The van der Waals surface area contributed by atoms with Crippen molar-refractivity contribution in [1.82, 2.24) is 10.3 Å². The van der Waals surface area contributed by atoms with E-state index in [2.05, 4.69) is 22.1 Å². The average molecular weight is 277 g/mol. The SMILES string of the molecule is CC1CCCCCN1c1ncc(F)cc1CNC1CC1. The standard InChI is InChI=1S/C16H24FN3/c1-12-5-3-2-4-8-20(12)16-13(9-14(17)11-19-16)10-18-15-6-7-15/h9,11-12,15,18H,2-8,10H2,1H3. The van der Waals surface area contributed by atoms with Crippen LogP contribution < -0.4 is 10.2 Å². The van der Waals surface area contributed by atoms with E-state index in [0.29, 0.717) is 12.1 Å². The van der Waals surface area contributed by atoms with Gasteiger partial charge in [-0.1, -0.05) is 12.8 Å². The van der Waals surface area contributed by atoms with Crippen LogP contribution in [0.15, 0.2) is 12.3 Å². The Bertz CT molecular complexity index is 459. The van der Waals surface area contributed by atoms with E-state index < -0.39 is 0 Å². The van der Waals surface area contributed by atoms with Crippen molar-refractivity contribution in [3.63, 3.8) is 0 Å². The number of hydrogen-bond donors (Lipinski definition) is 1. The minimum atomic E-state index is -0.233. The molecule has 2 aliphatic rings. The highest BCUT2D eigenvalue weighted by molar-refractivity contribution is 5.48. The number of rotatable bonds is 4. The summed E-state index contributed by atoms with van der Waals surface area (Å²) in [6.45, 7) is 4.03. The summed E-state index contributed by atoms with van der Waals surface area (Å²) in [5.41, 5.74) is 1.01. The van der Waals surface area contributed by atoms with Gasteiger partial charge >= 0.3 is 0 Å². The maximum atomic E-state index is 13.5. The highest BCUT2D eigenvalue weighted by Crippen LogP contribution is 2.27. The predicted molar refractivity (Wildman–Crippen MR) is 79.3 cm³/mol. The fourth-order valence-electron chi connectivity index (χ4n) is 2.99. The third kappa shape index (κ3) is 3.29. The van der Waals surface area contributed by atoms with Crippen molar-refractivity contribution in [1.29, 1.82) is 0 Å². The zero-order valence-electron chi connectivity index (χ0n) is 12.2. The maximum absolute atomic E-state index is 13.5. The fourth-order valence-corrected chi connectivity index (χ4v) is 2.99. The van der Waals surface area contributed by atoms with Crippen LogP contribution in [0.25, 0.3) is 0 Å². The van der Waals surface area contributed by atoms with Crippen LogP contribution in [0.5, 0.6) is 0 Å². The molecule has 1 unspecified atom stereocenters. The molecule has 0 radical (unpaired) electrons. The molecule has 3 nitrogen and oxygen atoms in total. The van der Waals surface area contributed by atoms with Gasteiger partial charge in [-0.2, -0.15) is 0 Å². The summed E-state index contributed by atoms with van der Waals surface area (Å²) in [6.07, 6.45) is 8.84. The Morgan fingerprint density at radius 3 is 2.95 bits per heavy atom. The Morgan fingerprint density at radius 2 is 2.15 bits per heavy atom. The summed E-state index contributed by atoms with van der Waals surface area (Å²) < 4.78 is 13.5. The molecule has 0 spiro atoms. The summed E-state index contributed by atoms with van der Waals surface area (Å²) in [5, 5.41) is 3.48. The number of nitrogens with zero attached hydrogens (tertiary/aromatic N) is 2. The third-order valence-electron chi connectivity index (χ3n) is 4.39. The normalized spacial score (nSPS) is 23.7. The van der Waals surface area contributed by atoms with Crippen molar-refractivity contribution in [3.8, 4) is 0 Å². The second-order valence-electron chi connectivity index (χ2n) is 6.18. The van der Waals surface area contributed by atoms with Gasteiger partial charge in [0.05, 0.1) is 6.20 Å². The number of anilines is 1. The molecule has 1 atom stereocenters. The molecule has 2 fully saturated rings. The van der Waals surface area contributed by atoms with Crippen molar-refractivity contribution < 1.29 is 4.39 Å². The first-order valence-corrected chi connectivity index (χ1v) is 7.88. The Balaban J connectivity index is 1.81. The molecule has 2 heterocycles. The lowest BCUT2D eigenvalue weighted by Gasteiger charge is -2.30. The number of pyridine rings is 1. The van der Waals surface area contributed by atoms with Crippen LogP contribution in [-0.4, -0.2) is 23.6 Å². The summed E-state index contributed by atoms with van der Waals surface area (Å²) in [6, 6.07) is 2.78. The van der Waals surface area contributed by atoms with Gasteiger partial charge < -0.3 is 10.2 Å². The van der Waals surface area contributed by atoms with Gasteiger partial charge in [0.2, 0.25) is 0 Å². The van der Waals surface area contributed by atoms with Crippen LogP contribution in [0.1, 0.15) is 51.0 Å². The lowest BCUT2D eigenvalue weighted by atomic mass is 10.1. The molecule has 1 saturated carbocycles. The number of nitrogens with one attached hydrogen (secondary N) is 1. The van der Waals surface area contributed by atoms with Gasteiger partial charge in [-0.15, -0.1) is 0 Å². The summed E-state index contributed by atoms with van der Waals surface area (Å²) in [5.74, 6) is 0.748. The Hall–Kier alpha value is -1.16. The molecule has 0 aromatic carbocycles. The van der Waals surface area contributed by atoms with Crippen molar-refractivity contribution in [3.05, 3.63) is 23.6 Å². The topological polar surface area (TPSA) is 28.2 Å². The molecule has 1 N–H and O–H groups in total. The highest BCUT2D eigenvalue weighted by atomic mass is 19.1. The van der Waals surface area contributed by atoms with Gasteiger partial charge in [-0.3, -0.25) is 0 Å². The van der Waals surface area contributed by atoms with Crippen molar-refractivity contribution in [2.45, 2.75) is 64.1 Å². The molecule has 3 rings (SSSR count). The summed E-state index contributed by atoms with van der Waals surface area (Å²) in [4.78, 5) is 6.77. The van der Waals surface area contributed by atoms with E-state index in [1.165, 1.54) is 44.7 Å². The minimum absolute atomic E-state index is 0.233. The third-order valence-corrected chi connectivity index (χ3v) is 4.39. The minimum Gasteiger partial charge on any atom is -0.354 e. The van der Waals surface area contributed by atoms with Crippen LogP contribution in [0.2, 0.25) is 0 Å². The number of halogens is 1. The Kier molecular flexibility index (Phi) is 4.20. The summed E-state index contributed by atoms with van der Waals surface area (Å²) >= 11 is 0. The van der Waals surface area contributed by atoms with Crippen LogP contribution in [-0.2, 0) is 6.54 Å².